The molecule has 37 heavy (non-hydrogen) atoms. The van der Waals surface area contributed by atoms with Crippen molar-refractivity contribution < 1.29 is 4.42 Å². The minimum atomic E-state index is 0.544. The summed E-state index contributed by atoms with van der Waals surface area (Å²) in [6, 6.07) is 31.1. The fraction of sp³-hybridized carbons (Fsp3) is 0.129. The molecule has 6 rings (SSSR count). The van der Waals surface area contributed by atoms with Gasteiger partial charge >= 0.3 is 0 Å². The van der Waals surface area contributed by atoms with E-state index in [2.05, 4.69) is 66.0 Å². The van der Waals surface area contributed by atoms with E-state index in [1.807, 2.05) is 48.5 Å². The number of hydrogen-bond donors (Lipinski definition) is 0. The summed E-state index contributed by atoms with van der Waals surface area (Å²) in [5.41, 5.74) is 7.76. The fourth-order valence-electron chi connectivity index (χ4n) is 4.56. The molecule has 0 aliphatic rings. The van der Waals surface area contributed by atoms with E-state index in [1.54, 1.807) is 18.0 Å². The summed E-state index contributed by atoms with van der Waals surface area (Å²) in [5.74, 6) is 2.47. The first-order chi connectivity index (χ1) is 18.2. The third-order valence-corrected chi connectivity index (χ3v) is 7.51. The largest absolute Gasteiger partial charge is 0.467 e. The van der Waals surface area contributed by atoms with Crippen molar-refractivity contribution in [2.24, 2.45) is 0 Å². The molecule has 5 nitrogen and oxygen atoms in total. The van der Waals surface area contributed by atoms with Crippen LogP contribution < -0.4 is 0 Å². The van der Waals surface area contributed by atoms with Crippen molar-refractivity contribution in [2.45, 2.75) is 31.3 Å². The van der Waals surface area contributed by atoms with Crippen LogP contribution in [-0.2, 0) is 12.3 Å². The first-order valence-corrected chi connectivity index (χ1v) is 13.2. The van der Waals surface area contributed by atoms with E-state index in [9.17, 15) is 0 Å². The molecule has 3 aromatic carbocycles. The molecule has 3 aromatic heterocycles. The van der Waals surface area contributed by atoms with E-state index in [0.717, 1.165) is 50.2 Å². The number of benzene rings is 3. The molecule has 0 atom stereocenters. The lowest BCUT2D eigenvalue weighted by atomic mass is 10.0. The maximum Gasteiger partial charge on any atom is 0.192 e. The van der Waals surface area contributed by atoms with Crippen LogP contribution in [0.25, 0.3) is 33.5 Å². The number of fused-ring (bicyclic) bond motifs is 1. The van der Waals surface area contributed by atoms with Crippen molar-refractivity contribution in [1.82, 2.24) is 19.7 Å². The quantitative estimate of drug-likeness (QED) is 0.209. The molecule has 0 saturated heterocycles. The summed E-state index contributed by atoms with van der Waals surface area (Å²) >= 11 is 1.70. The Morgan fingerprint density at radius 3 is 2.49 bits per heavy atom. The Labute approximate surface area is 220 Å². The van der Waals surface area contributed by atoms with Crippen LogP contribution in [0.2, 0.25) is 0 Å². The molecule has 0 N–H and O–H groups in total. The Morgan fingerprint density at radius 2 is 1.68 bits per heavy atom. The second-order valence-electron chi connectivity index (χ2n) is 9.13. The van der Waals surface area contributed by atoms with Crippen LogP contribution in [0.4, 0.5) is 0 Å². The molecule has 3 heterocycles. The molecule has 0 saturated carbocycles. The summed E-state index contributed by atoms with van der Waals surface area (Å²) in [7, 11) is 0. The first kappa shape index (κ1) is 23.3. The Hall–Kier alpha value is -4.16. The van der Waals surface area contributed by atoms with Crippen LogP contribution in [0.5, 0.6) is 0 Å². The number of para-hydroxylation sites is 1. The van der Waals surface area contributed by atoms with Crippen molar-refractivity contribution in [3.63, 3.8) is 0 Å². The van der Waals surface area contributed by atoms with Gasteiger partial charge in [-0.05, 0) is 49.2 Å². The molecule has 0 aliphatic carbocycles. The van der Waals surface area contributed by atoms with Crippen molar-refractivity contribution in [1.29, 1.82) is 0 Å². The molecule has 0 bridgehead atoms. The van der Waals surface area contributed by atoms with Crippen LogP contribution in [0.3, 0.4) is 0 Å². The van der Waals surface area contributed by atoms with Gasteiger partial charge in [0.2, 0.25) is 0 Å². The van der Waals surface area contributed by atoms with Crippen molar-refractivity contribution in [3.8, 4) is 22.6 Å². The van der Waals surface area contributed by atoms with Crippen LogP contribution in [0.1, 0.15) is 22.5 Å². The molecule has 6 aromatic rings. The zero-order valence-corrected chi connectivity index (χ0v) is 21.6. The molecule has 0 aliphatic heterocycles. The van der Waals surface area contributed by atoms with Crippen LogP contribution in [-0.4, -0.2) is 19.7 Å². The maximum atomic E-state index is 5.73. The number of pyridine rings is 1. The number of aromatic nitrogens is 4. The van der Waals surface area contributed by atoms with Crippen molar-refractivity contribution in [3.05, 3.63) is 120 Å². The Kier molecular flexibility index (Phi) is 6.33. The van der Waals surface area contributed by atoms with Gasteiger partial charge in [-0.25, -0.2) is 4.98 Å². The van der Waals surface area contributed by atoms with Gasteiger partial charge in [-0.15, -0.1) is 10.2 Å². The molecule has 0 fully saturated rings. The Morgan fingerprint density at radius 1 is 0.838 bits per heavy atom. The van der Waals surface area contributed by atoms with Gasteiger partial charge in [-0.2, -0.15) is 0 Å². The monoisotopic (exact) mass is 502 g/mol. The zero-order chi connectivity index (χ0) is 25.2. The lowest BCUT2D eigenvalue weighted by Gasteiger charge is -2.13. The van der Waals surface area contributed by atoms with Crippen LogP contribution >= 0.6 is 11.8 Å². The highest BCUT2D eigenvalue weighted by atomic mass is 32.2. The standard InChI is InChI=1S/C31H26N4OS/c1-21-14-15-24(22(2)17-21)20-37-31-34-33-30(35(31)19-25-11-8-16-36-25)27-18-29(23-9-4-3-5-10-23)32-28-13-7-6-12-26(27)28/h3-18H,19-20H2,1-2H3. The Bertz CT molecular complexity index is 1670. The molecule has 6 heteroatoms. The minimum absolute atomic E-state index is 0.544. The second-order valence-corrected chi connectivity index (χ2v) is 10.1. The van der Waals surface area contributed by atoms with Crippen LogP contribution in [0, 0.1) is 13.8 Å². The van der Waals surface area contributed by atoms with Crippen LogP contribution in [0.15, 0.2) is 107 Å². The smallest absolute Gasteiger partial charge is 0.192 e. The van der Waals surface area contributed by atoms with E-state index in [1.165, 1.54) is 16.7 Å². The minimum Gasteiger partial charge on any atom is -0.467 e. The first-order valence-electron chi connectivity index (χ1n) is 12.3. The highest BCUT2D eigenvalue weighted by molar-refractivity contribution is 7.98. The highest BCUT2D eigenvalue weighted by Gasteiger charge is 2.20. The van der Waals surface area contributed by atoms with Gasteiger partial charge in [-0.3, -0.25) is 4.57 Å². The third-order valence-electron chi connectivity index (χ3n) is 6.49. The van der Waals surface area contributed by atoms with Gasteiger partial charge < -0.3 is 4.42 Å². The maximum absolute atomic E-state index is 5.73. The van der Waals surface area contributed by atoms with E-state index in [0.29, 0.717) is 6.54 Å². The number of rotatable bonds is 7. The van der Waals surface area contributed by atoms with Crippen molar-refractivity contribution >= 4 is 22.7 Å². The topological polar surface area (TPSA) is 56.7 Å². The SMILES string of the molecule is Cc1ccc(CSc2nnc(-c3cc(-c4ccccc4)nc4ccccc34)n2Cc2ccco2)c(C)c1. The summed E-state index contributed by atoms with van der Waals surface area (Å²) in [5, 5.41) is 11.3. The average Bonchev–Trinajstić information content (AvgIpc) is 3.58. The zero-order valence-electron chi connectivity index (χ0n) is 20.8. The summed E-state index contributed by atoms with van der Waals surface area (Å²) in [6.07, 6.45) is 1.71. The third kappa shape index (κ3) is 4.80. The highest BCUT2D eigenvalue weighted by Crippen LogP contribution is 2.34. The molecular formula is C31H26N4OS. The number of aryl methyl sites for hydroxylation is 2. The number of thioether (sulfide) groups is 1. The van der Waals surface area contributed by atoms with E-state index in [4.69, 9.17) is 14.5 Å². The predicted molar refractivity (Wildman–Crippen MR) is 149 cm³/mol. The summed E-state index contributed by atoms with van der Waals surface area (Å²) < 4.78 is 7.89. The summed E-state index contributed by atoms with van der Waals surface area (Å²) in [4.78, 5) is 4.96. The van der Waals surface area contributed by atoms with Gasteiger partial charge in [0.05, 0.1) is 24.0 Å². The lowest BCUT2D eigenvalue weighted by Crippen LogP contribution is -2.04. The molecular weight excluding hydrogens is 476 g/mol. The van der Waals surface area contributed by atoms with E-state index < -0.39 is 0 Å². The average molecular weight is 503 g/mol. The van der Waals surface area contributed by atoms with Gasteiger partial charge in [0, 0.05) is 22.3 Å². The number of nitrogens with zero attached hydrogens (tertiary/aromatic N) is 4. The van der Waals surface area contributed by atoms with E-state index in [-0.39, 0.29) is 0 Å². The van der Waals surface area contributed by atoms with Crippen molar-refractivity contribution in [2.75, 3.05) is 0 Å². The second kappa shape index (κ2) is 10.1. The molecule has 182 valence electrons. The predicted octanol–water partition coefficient (Wildman–Crippen LogP) is 7.71. The number of furan rings is 1. The lowest BCUT2D eigenvalue weighted by molar-refractivity contribution is 0.485. The Balaban J connectivity index is 1.47. The van der Waals surface area contributed by atoms with Gasteiger partial charge in [0.15, 0.2) is 11.0 Å². The molecule has 0 unspecified atom stereocenters. The van der Waals surface area contributed by atoms with Gasteiger partial charge in [-0.1, -0.05) is 84.1 Å². The van der Waals surface area contributed by atoms with E-state index >= 15 is 0 Å². The number of hydrogen-bond acceptors (Lipinski definition) is 5. The fourth-order valence-corrected chi connectivity index (χ4v) is 5.58. The van der Waals surface area contributed by atoms with Gasteiger partial charge in [0.1, 0.15) is 5.76 Å². The summed E-state index contributed by atoms with van der Waals surface area (Å²) in [6.45, 7) is 4.83. The normalized spacial score (nSPS) is 11.3. The molecule has 0 spiro atoms. The van der Waals surface area contributed by atoms with Gasteiger partial charge in [0.25, 0.3) is 0 Å². The molecule has 0 radical (unpaired) electrons. The molecule has 0 amide bonds.